The Balaban J connectivity index is 1.66. The molecule has 2 rings (SSSR count). The second-order valence-electron chi connectivity index (χ2n) is 4.40. The second-order valence-corrected chi connectivity index (χ2v) is 4.40. The zero-order valence-electron chi connectivity index (χ0n) is 8.53. The number of carbonyl (C=O) groups is 2. The molecule has 1 saturated heterocycles. The lowest BCUT2D eigenvalue weighted by molar-refractivity contribution is -0.126. The van der Waals surface area contributed by atoms with Crippen LogP contribution in [0.1, 0.15) is 25.7 Å². The topological polar surface area (TPSA) is 78.4 Å². The van der Waals surface area contributed by atoms with E-state index < -0.39 is 0 Å². The molecule has 15 heavy (non-hydrogen) atoms. The van der Waals surface area contributed by atoms with Crippen molar-refractivity contribution in [3.05, 3.63) is 0 Å². The van der Waals surface area contributed by atoms with Gasteiger partial charge in [-0.3, -0.25) is 9.59 Å². The molecule has 2 amide bonds. The van der Waals surface area contributed by atoms with Crippen molar-refractivity contribution in [3.63, 3.8) is 0 Å². The van der Waals surface area contributed by atoms with Gasteiger partial charge in [-0.25, -0.2) is 0 Å². The summed E-state index contributed by atoms with van der Waals surface area (Å²) in [5.74, 6) is 0.262. The largest absolute Gasteiger partial charge is 0.393 e. The van der Waals surface area contributed by atoms with Crippen LogP contribution in [0.4, 0.5) is 0 Å². The van der Waals surface area contributed by atoms with E-state index in [2.05, 4.69) is 10.6 Å². The van der Waals surface area contributed by atoms with Gasteiger partial charge in [0.1, 0.15) is 6.04 Å². The quantitative estimate of drug-likeness (QED) is 0.570. The number of amides is 2. The van der Waals surface area contributed by atoms with Gasteiger partial charge >= 0.3 is 0 Å². The summed E-state index contributed by atoms with van der Waals surface area (Å²) in [7, 11) is 0. The molecule has 0 spiro atoms. The van der Waals surface area contributed by atoms with Crippen LogP contribution in [0, 0.1) is 5.92 Å². The molecule has 84 valence electrons. The smallest absolute Gasteiger partial charge is 0.242 e. The van der Waals surface area contributed by atoms with Crippen LogP contribution < -0.4 is 10.6 Å². The summed E-state index contributed by atoms with van der Waals surface area (Å²) < 4.78 is 0. The number of aliphatic hydroxyl groups is 1. The molecule has 1 aliphatic heterocycles. The van der Waals surface area contributed by atoms with Gasteiger partial charge in [0.25, 0.3) is 0 Å². The van der Waals surface area contributed by atoms with E-state index in [9.17, 15) is 9.59 Å². The van der Waals surface area contributed by atoms with Crippen LogP contribution in [0.15, 0.2) is 0 Å². The summed E-state index contributed by atoms with van der Waals surface area (Å²) in [6.07, 6.45) is 2.41. The molecule has 2 fully saturated rings. The van der Waals surface area contributed by atoms with Gasteiger partial charge in [-0.15, -0.1) is 0 Å². The summed E-state index contributed by atoms with van der Waals surface area (Å²) >= 11 is 0. The van der Waals surface area contributed by atoms with Gasteiger partial charge in [0.15, 0.2) is 0 Å². The molecule has 0 aromatic carbocycles. The molecule has 0 aromatic heterocycles. The van der Waals surface area contributed by atoms with Crippen LogP contribution in [-0.4, -0.2) is 35.6 Å². The molecule has 0 radical (unpaired) electrons. The molecule has 1 saturated carbocycles. The third-order valence-corrected chi connectivity index (χ3v) is 3.09. The van der Waals surface area contributed by atoms with E-state index in [0.717, 1.165) is 12.8 Å². The Morgan fingerprint density at radius 2 is 2.27 bits per heavy atom. The summed E-state index contributed by atoms with van der Waals surface area (Å²) in [5, 5.41) is 14.5. The van der Waals surface area contributed by atoms with Gasteiger partial charge in [0, 0.05) is 13.0 Å². The molecule has 3 N–H and O–H groups in total. The normalized spacial score (nSPS) is 34.5. The number of aliphatic hydroxyl groups excluding tert-OH is 1. The van der Waals surface area contributed by atoms with E-state index >= 15 is 0 Å². The van der Waals surface area contributed by atoms with Crippen molar-refractivity contribution in [2.45, 2.75) is 37.8 Å². The molecule has 1 unspecified atom stereocenters. The van der Waals surface area contributed by atoms with E-state index in [1.54, 1.807) is 0 Å². The maximum atomic E-state index is 11.5. The summed E-state index contributed by atoms with van der Waals surface area (Å²) in [5.41, 5.74) is 0. The zero-order chi connectivity index (χ0) is 10.8. The van der Waals surface area contributed by atoms with E-state index in [1.807, 2.05) is 0 Å². The number of hydrogen-bond donors (Lipinski definition) is 3. The molecular weight excluding hydrogens is 196 g/mol. The first-order valence-electron chi connectivity index (χ1n) is 5.40. The van der Waals surface area contributed by atoms with Gasteiger partial charge in [0.2, 0.25) is 11.8 Å². The number of hydrogen-bond acceptors (Lipinski definition) is 3. The molecule has 1 heterocycles. The fourth-order valence-electron chi connectivity index (χ4n) is 2.05. The molecule has 5 nitrogen and oxygen atoms in total. The number of rotatable bonds is 3. The van der Waals surface area contributed by atoms with Gasteiger partial charge in [0.05, 0.1) is 6.10 Å². The van der Waals surface area contributed by atoms with Crippen molar-refractivity contribution >= 4 is 11.8 Å². The Labute approximate surface area is 88.2 Å². The van der Waals surface area contributed by atoms with Crippen molar-refractivity contribution in [2.24, 2.45) is 5.92 Å². The standard InChI is InChI=1S/C10H16N2O3/c13-7-3-6(4-7)5-11-10(15)8-1-2-9(14)12-8/h6-8,13H,1-5H2,(H,11,15)(H,12,14). The Hall–Kier alpha value is -1.10. The molecule has 5 heteroatoms. The monoisotopic (exact) mass is 212 g/mol. The average molecular weight is 212 g/mol. The van der Waals surface area contributed by atoms with Crippen LogP contribution in [0.5, 0.6) is 0 Å². The van der Waals surface area contributed by atoms with Crippen molar-refractivity contribution in [2.75, 3.05) is 6.54 Å². The molecule has 2 aliphatic rings. The van der Waals surface area contributed by atoms with E-state index in [-0.39, 0.29) is 24.0 Å². The van der Waals surface area contributed by atoms with Crippen molar-refractivity contribution in [3.8, 4) is 0 Å². The highest BCUT2D eigenvalue weighted by Crippen LogP contribution is 2.26. The third kappa shape index (κ3) is 2.47. The summed E-state index contributed by atoms with van der Waals surface area (Å²) in [6, 6.07) is -0.345. The Morgan fingerprint density at radius 3 is 2.80 bits per heavy atom. The van der Waals surface area contributed by atoms with Crippen LogP contribution in [-0.2, 0) is 9.59 Å². The van der Waals surface area contributed by atoms with Crippen LogP contribution in [0.25, 0.3) is 0 Å². The lowest BCUT2D eigenvalue weighted by atomic mass is 9.82. The fraction of sp³-hybridized carbons (Fsp3) is 0.800. The predicted octanol–water partition coefficient (Wildman–Crippen LogP) is -0.848. The first-order valence-corrected chi connectivity index (χ1v) is 5.40. The van der Waals surface area contributed by atoms with Gasteiger partial charge < -0.3 is 15.7 Å². The molecular formula is C10H16N2O3. The SMILES string of the molecule is O=C1CCC(C(=O)NCC2CC(O)C2)N1. The zero-order valence-corrected chi connectivity index (χ0v) is 8.53. The number of nitrogens with one attached hydrogen (secondary N) is 2. The molecule has 1 aliphatic carbocycles. The maximum absolute atomic E-state index is 11.5. The first kappa shape index (κ1) is 10.4. The van der Waals surface area contributed by atoms with Crippen LogP contribution in [0.3, 0.4) is 0 Å². The van der Waals surface area contributed by atoms with E-state index in [1.165, 1.54) is 0 Å². The number of carbonyl (C=O) groups excluding carboxylic acids is 2. The minimum Gasteiger partial charge on any atom is -0.393 e. The Kier molecular flexibility index (Phi) is 2.90. The van der Waals surface area contributed by atoms with Crippen LogP contribution >= 0.6 is 0 Å². The van der Waals surface area contributed by atoms with Gasteiger partial charge in [-0.1, -0.05) is 0 Å². The second kappa shape index (κ2) is 4.18. The lowest BCUT2D eigenvalue weighted by Crippen LogP contribution is -2.45. The Bertz CT molecular complexity index is 274. The van der Waals surface area contributed by atoms with Crippen molar-refractivity contribution in [1.29, 1.82) is 0 Å². The molecule has 0 bridgehead atoms. The summed E-state index contributed by atoms with van der Waals surface area (Å²) in [4.78, 5) is 22.4. The highest BCUT2D eigenvalue weighted by atomic mass is 16.3. The lowest BCUT2D eigenvalue weighted by Gasteiger charge is -2.31. The minimum atomic E-state index is -0.345. The average Bonchev–Trinajstić information content (AvgIpc) is 2.57. The van der Waals surface area contributed by atoms with E-state index in [0.29, 0.717) is 25.3 Å². The van der Waals surface area contributed by atoms with Crippen molar-refractivity contribution < 1.29 is 14.7 Å². The third-order valence-electron chi connectivity index (χ3n) is 3.09. The van der Waals surface area contributed by atoms with Crippen molar-refractivity contribution in [1.82, 2.24) is 10.6 Å². The van der Waals surface area contributed by atoms with Gasteiger partial charge in [-0.2, -0.15) is 0 Å². The van der Waals surface area contributed by atoms with Crippen LogP contribution in [0.2, 0.25) is 0 Å². The fourth-order valence-corrected chi connectivity index (χ4v) is 2.05. The highest BCUT2D eigenvalue weighted by Gasteiger charge is 2.30. The molecule has 0 aromatic rings. The molecule has 1 atom stereocenters. The first-order chi connectivity index (χ1) is 7.15. The van der Waals surface area contributed by atoms with E-state index in [4.69, 9.17) is 5.11 Å². The maximum Gasteiger partial charge on any atom is 0.242 e. The minimum absolute atomic E-state index is 0.0470. The highest BCUT2D eigenvalue weighted by molar-refractivity contribution is 5.90. The predicted molar refractivity (Wildman–Crippen MR) is 52.9 cm³/mol. The van der Waals surface area contributed by atoms with Gasteiger partial charge in [-0.05, 0) is 25.2 Å². The Morgan fingerprint density at radius 1 is 1.53 bits per heavy atom. The summed E-state index contributed by atoms with van der Waals surface area (Å²) in [6.45, 7) is 0.613.